The van der Waals surface area contributed by atoms with Gasteiger partial charge in [0.05, 0.1) is 4.91 Å². The van der Waals surface area contributed by atoms with E-state index < -0.39 is 0 Å². The summed E-state index contributed by atoms with van der Waals surface area (Å²) >= 11 is 1.07. The second-order valence-corrected chi connectivity index (χ2v) is 8.80. The van der Waals surface area contributed by atoms with Crippen LogP contribution in [0.15, 0.2) is 41.3 Å². The van der Waals surface area contributed by atoms with Crippen molar-refractivity contribution in [2.24, 2.45) is 0 Å². The molecule has 0 saturated carbocycles. The van der Waals surface area contributed by atoms with Gasteiger partial charge < -0.3 is 4.90 Å². The van der Waals surface area contributed by atoms with E-state index in [-0.39, 0.29) is 11.1 Å². The summed E-state index contributed by atoms with van der Waals surface area (Å²) in [5, 5.41) is -0.149. The van der Waals surface area contributed by atoms with Gasteiger partial charge in [-0.2, -0.15) is 0 Å². The number of unbranched alkanes of at least 4 members (excludes halogenated alkanes) is 1. The number of thioether (sulfide) groups is 1. The molecule has 3 aliphatic rings. The van der Waals surface area contributed by atoms with Crippen LogP contribution in [0.5, 0.6) is 0 Å². The molecule has 5 heteroatoms. The molecule has 1 aromatic carbocycles. The van der Waals surface area contributed by atoms with E-state index in [1.165, 1.54) is 34.6 Å². The molecule has 1 saturated heterocycles. The summed E-state index contributed by atoms with van der Waals surface area (Å²) in [6.07, 6.45) is 16.2. The van der Waals surface area contributed by atoms with Gasteiger partial charge in [-0.3, -0.25) is 14.5 Å². The molecule has 31 heavy (non-hydrogen) atoms. The molecule has 4 nitrogen and oxygen atoms in total. The first-order valence-corrected chi connectivity index (χ1v) is 12.4. The molecule has 0 unspecified atom stereocenters. The maximum atomic E-state index is 12.8. The van der Waals surface area contributed by atoms with E-state index in [2.05, 4.69) is 23.1 Å². The van der Waals surface area contributed by atoms with Gasteiger partial charge in [0, 0.05) is 25.3 Å². The highest BCUT2D eigenvalue weighted by Crippen LogP contribution is 2.38. The lowest BCUT2D eigenvalue weighted by Crippen LogP contribution is -2.34. The number of carbonyl (C=O) groups excluding carboxylic acids is 2. The number of benzene rings is 1. The van der Waals surface area contributed by atoms with Crippen LogP contribution in [-0.4, -0.2) is 35.7 Å². The Morgan fingerprint density at radius 1 is 1.03 bits per heavy atom. The van der Waals surface area contributed by atoms with Gasteiger partial charge in [-0.1, -0.05) is 38.2 Å². The van der Waals surface area contributed by atoms with E-state index in [0.717, 1.165) is 56.1 Å². The lowest BCUT2D eigenvalue weighted by molar-refractivity contribution is -0.122. The lowest BCUT2D eigenvalue weighted by atomic mass is 9.90. The van der Waals surface area contributed by atoms with Crippen LogP contribution < -0.4 is 4.90 Å². The second-order valence-electron chi connectivity index (χ2n) is 7.81. The van der Waals surface area contributed by atoms with Gasteiger partial charge in [0.2, 0.25) is 0 Å². The molecule has 166 valence electrons. The number of aryl methyl sites for hydroxylation is 2. The molecular weight excluding hydrogens is 404 g/mol. The molecule has 3 aliphatic heterocycles. The number of carbonyl (C=O) groups is 2. The zero-order valence-corrected chi connectivity index (χ0v) is 19.8. The highest BCUT2D eigenvalue weighted by atomic mass is 32.2. The Kier molecular flexibility index (Phi) is 8.59. The quantitative estimate of drug-likeness (QED) is 0.294. The normalized spacial score (nSPS) is 19.4. The number of imide groups is 1. The minimum atomic E-state index is -0.149. The first kappa shape index (κ1) is 23.4. The summed E-state index contributed by atoms with van der Waals surface area (Å²) in [5.74, 6) is -0.148. The average Bonchev–Trinajstić information content (AvgIpc) is 3.05. The first-order valence-electron chi connectivity index (χ1n) is 11.6. The second kappa shape index (κ2) is 11.4. The molecule has 0 aliphatic carbocycles. The lowest BCUT2D eigenvalue weighted by Gasteiger charge is -2.37. The molecule has 2 amide bonds. The Morgan fingerprint density at radius 3 is 2.35 bits per heavy atom. The topological polar surface area (TPSA) is 40.6 Å². The Balaban J connectivity index is 0.00000132. The van der Waals surface area contributed by atoms with Gasteiger partial charge >= 0.3 is 0 Å². The molecule has 0 radical (unpaired) electrons. The molecule has 0 N–H and O–H groups in total. The monoisotopic (exact) mass is 438 g/mol. The fraction of sp³-hybridized carbons (Fsp3) is 0.462. The van der Waals surface area contributed by atoms with Crippen molar-refractivity contribution in [3.05, 3.63) is 58.0 Å². The largest absolute Gasteiger partial charge is 0.371 e. The van der Waals surface area contributed by atoms with E-state index in [1.54, 1.807) is 0 Å². The highest BCUT2D eigenvalue weighted by Gasteiger charge is 2.34. The van der Waals surface area contributed by atoms with Crippen molar-refractivity contribution in [1.82, 2.24) is 4.90 Å². The number of anilines is 1. The Labute approximate surface area is 191 Å². The van der Waals surface area contributed by atoms with Crippen molar-refractivity contribution < 1.29 is 9.59 Å². The van der Waals surface area contributed by atoms with Crippen LogP contribution >= 0.6 is 11.8 Å². The number of hydrogen-bond acceptors (Lipinski definition) is 4. The third-order valence-electron chi connectivity index (χ3n) is 5.72. The summed E-state index contributed by atoms with van der Waals surface area (Å²) in [5.41, 5.74) is 5.28. The molecular formula is C26H34N2O2S. The van der Waals surface area contributed by atoms with Crippen molar-refractivity contribution in [3.63, 3.8) is 0 Å². The molecule has 3 heterocycles. The van der Waals surface area contributed by atoms with Crippen molar-refractivity contribution in [3.8, 4) is 0 Å². The van der Waals surface area contributed by atoms with Crippen LogP contribution in [0.25, 0.3) is 6.08 Å². The van der Waals surface area contributed by atoms with Crippen LogP contribution in [0.3, 0.4) is 0 Å². The van der Waals surface area contributed by atoms with Crippen LogP contribution in [0, 0.1) is 0 Å². The average molecular weight is 439 g/mol. The third-order valence-corrected chi connectivity index (χ3v) is 6.63. The molecule has 0 atom stereocenters. The Hall–Kier alpha value is -2.27. The standard InChI is InChI=1S/C24H28N2O2S.C2H6/c1-2-3-4-5-6-7-14-26-23(27)21(29-24(26)28)17-18-15-19-10-8-12-25-13-9-11-20(16-18)22(19)25;1-2/h2-5,15-17H,6-14H2,1H3;1-2H3/b3-2-,5-4-,21-17+;. The predicted octanol–water partition coefficient (Wildman–Crippen LogP) is 6.36. The van der Waals surface area contributed by atoms with Crippen LogP contribution in [0.1, 0.15) is 63.1 Å². The van der Waals surface area contributed by atoms with Crippen molar-refractivity contribution in [2.45, 2.75) is 59.3 Å². The summed E-state index contributed by atoms with van der Waals surface area (Å²) in [4.78, 5) is 29.6. The minimum Gasteiger partial charge on any atom is -0.371 e. The van der Waals surface area contributed by atoms with E-state index in [9.17, 15) is 9.59 Å². The SMILES string of the molecule is C/C=C\C=C/CCCN1C(=O)S/C(=C/c2cc3c4c(c2)CCCN4CCC3)C1=O.CC. The zero-order chi connectivity index (χ0) is 22.2. The first-order chi connectivity index (χ1) is 15.2. The van der Waals surface area contributed by atoms with E-state index in [1.807, 2.05) is 45.1 Å². The Bertz CT molecular complexity index is 870. The van der Waals surface area contributed by atoms with Gasteiger partial charge in [-0.05, 0) is 92.1 Å². The number of rotatable bonds is 6. The molecule has 0 spiro atoms. The summed E-state index contributed by atoms with van der Waals surface area (Å²) < 4.78 is 0. The number of hydrogen-bond donors (Lipinski definition) is 0. The molecule has 1 aromatic rings. The molecule has 4 rings (SSSR count). The van der Waals surface area contributed by atoms with Gasteiger partial charge in [-0.15, -0.1) is 0 Å². The van der Waals surface area contributed by atoms with Crippen LogP contribution in [-0.2, 0) is 17.6 Å². The molecule has 0 bridgehead atoms. The molecule has 0 aromatic heterocycles. The maximum Gasteiger partial charge on any atom is 0.293 e. The van der Waals surface area contributed by atoms with E-state index in [0.29, 0.717) is 11.4 Å². The van der Waals surface area contributed by atoms with E-state index in [4.69, 9.17) is 0 Å². The third kappa shape index (κ3) is 5.51. The smallest absolute Gasteiger partial charge is 0.293 e. The summed E-state index contributed by atoms with van der Waals surface area (Å²) in [6.45, 7) is 8.77. The van der Waals surface area contributed by atoms with Crippen molar-refractivity contribution >= 4 is 34.7 Å². The predicted molar refractivity (Wildman–Crippen MR) is 133 cm³/mol. The number of nitrogens with zero attached hydrogens (tertiary/aromatic N) is 2. The van der Waals surface area contributed by atoms with Crippen molar-refractivity contribution in [1.29, 1.82) is 0 Å². The summed E-state index contributed by atoms with van der Waals surface area (Å²) in [7, 11) is 0. The number of allylic oxidation sites excluding steroid dienone is 4. The van der Waals surface area contributed by atoms with Crippen LogP contribution in [0.4, 0.5) is 10.5 Å². The molecule has 1 fully saturated rings. The van der Waals surface area contributed by atoms with Gasteiger partial charge in [-0.25, -0.2) is 0 Å². The minimum absolute atomic E-state index is 0.148. The Morgan fingerprint density at radius 2 is 1.71 bits per heavy atom. The summed E-state index contributed by atoms with van der Waals surface area (Å²) in [6, 6.07) is 4.44. The fourth-order valence-electron chi connectivity index (χ4n) is 4.41. The fourth-order valence-corrected chi connectivity index (χ4v) is 5.28. The number of amides is 2. The van der Waals surface area contributed by atoms with Gasteiger partial charge in [0.15, 0.2) is 0 Å². The van der Waals surface area contributed by atoms with Crippen LogP contribution in [0.2, 0.25) is 0 Å². The van der Waals surface area contributed by atoms with E-state index >= 15 is 0 Å². The van der Waals surface area contributed by atoms with Gasteiger partial charge in [0.25, 0.3) is 11.1 Å². The zero-order valence-electron chi connectivity index (χ0n) is 19.0. The van der Waals surface area contributed by atoms with Gasteiger partial charge in [0.1, 0.15) is 0 Å². The van der Waals surface area contributed by atoms with Crippen molar-refractivity contribution in [2.75, 3.05) is 24.5 Å². The highest BCUT2D eigenvalue weighted by molar-refractivity contribution is 8.18. The maximum absolute atomic E-state index is 12.8.